The molecule has 0 unspecified atom stereocenters. The van der Waals surface area contributed by atoms with Gasteiger partial charge < -0.3 is 15.0 Å². The van der Waals surface area contributed by atoms with E-state index in [1.807, 2.05) is 30.5 Å². The largest absolute Gasteiger partial charge is 0.385 e. The molecule has 0 aliphatic rings. The summed E-state index contributed by atoms with van der Waals surface area (Å²) in [5.41, 5.74) is 1.73. The number of methoxy groups -OCH3 is 1. The first kappa shape index (κ1) is 11.7. The van der Waals surface area contributed by atoms with Gasteiger partial charge in [-0.05, 0) is 30.7 Å². The molecule has 0 fully saturated rings. The van der Waals surface area contributed by atoms with Crippen LogP contribution in [0.5, 0.6) is 0 Å². The maximum absolute atomic E-state index is 11.8. The first-order valence-electron chi connectivity index (χ1n) is 5.65. The molecule has 0 aliphatic heterocycles. The number of hydrogen-bond donors (Lipinski definition) is 2. The molecule has 0 radical (unpaired) electrons. The lowest BCUT2D eigenvalue weighted by molar-refractivity contribution is 0.0949. The fourth-order valence-corrected chi connectivity index (χ4v) is 1.72. The molecule has 0 bridgehead atoms. The van der Waals surface area contributed by atoms with Gasteiger partial charge in [0.1, 0.15) is 0 Å². The monoisotopic (exact) mass is 232 g/mol. The van der Waals surface area contributed by atoms with Gasteiger partial charge in [-0.25, -0.2) is 0 Å². The Kier molecular flexibility index (Phi) is 3.77. The Labute approximate surface area is 100.0 Å². The molecule has 1 heterocycles. The van der Waals surface area contributed by atoms with Gasteiger partial charge in [-0.3, -0.25) is 4.79 Å². The van der Waals surface area contributed by atoms with Crippen molar-refractivity contribution in [2.45, 2.75) is 6.42 Å². The summed E-state index contributed by atoms with van der Waals surface area (Å²) in [5.74, 6) is -0.0378. The van der Waals surface area contributed by atoms with Gasteiger partial charge >= 0.3 is 0 Å². The number of fused-ring (bicyclic) bond motifs is 1. The van der Waals surface area contributed by atoms with E-state index in [0.29, 0.717) is 18.7 Å². The zero-order chi connectivity index (χ0) is 12.1. The van der Waals surface area contributed by atoms with E-state index >= 15 is 0 Å². The molecule has 1 aromatic carbocycles. The van der Waals surface area contributed by atoms with Crippen molar-refractivity contribution in [1.82, 2.24) is 10.3 Å². The van der Waals surface area contributed by atoms with E-state index < -0.39 is 0 Å². The van der Waals surface area contributed by atoms with Crippen LogP contribution in [0.2, 0.25) is 0 Å². The smallest absolute Gasteiger partial charge is 0.251 e. The van der Waals surface area contributed by atoms with E-state index in [1.165, 1.54) is 0 Å². The normalized spacial score (nSPS) is 10.6. The highest BCUT2D eigenvalue weighted by Gasteiger charge is 2.05. The molecule has 0 saturated heterocycles. The molecule has 0 spiro atoms. The second-order valence-corrected chi connectivity index (χ2v) is 3.88. The number of ether oxygens (including phenoxy) is 1. The van der Waals surface area contributed by atoms with Crippen molar-refractivity contribution in [2.75, 3.05) is 20.3 Å². The van der Waals surface area contributed by atoms with E-state index in [1.54, 1.807) is 7.11 Å². The Morgan fingerprint density at radius 1 is 1.41 bits per heavy atom. The molecule has 1 amide bonds. The van der Waals surface area contributed by atoms with Crippen LogP contribution in [0.4, 0.5) is 0 Å². The molecule has 1 aromatic heterocycles. The summed E-state index contributed by atoms with van der Waals surface area (Å²) in [6.45, 7) is 1.30. The maximum Gasteiger partial charge on any atom is 0.251 e. The minimum Gasteiger partial charge on any atom is -0.385 e. The number of benzene rings is 1. The van der Waals surface area contributed by atoms with E-state index in [2.05, 4.69) is 10.3 Å². The third-order valence-electron chi connectivity index (χ3n) is 2.63. The van der Waals surface area contributed by atoms with Crippen molar-refractivity contribution in [2.24, 2.45) is 0 Å². The van der Waals surface area contributed by atoms with Gasteiger partial charge in [0.05, 0.1) is 0 Å². The van der Waals surface area contributed by atoms with Crippen molar-refractivity contribution in [3.8, 4) is 0 Å². The van der Waals surface area contributed by atoms with Crippen LogP contribution in [0, 0.1) is 0 Å². The number of rotatable bonds is 5. The quantitative estimate of drug-likeness (QED) is 0.774. The molecule has 2 aromatic rings. The Hall–Kier alpha value is -1.81. The van der Waals surface area contributed by atoms with Crippen LogP contribution in [-0.2, 0) is 4.74 Å². The Balaban J connectivity index is 1.98. The summed E-state index contributed by atoms with van der Waals surface area (Å²) in [4.78, 5) is 14.9. The molecule has 4 heteroatoms. The van der Waals surface area contributed by atoms with Crippen LogP contribution in [0.25, 0.3) is 10.9 Å². The summed E-state index contributed by atoms with van der Waals surface area (Å²) in [6, 6.07) is 7.58. The van der Waals surface area contributed by atoms with Crippen LogP contribution in [0.15, 0.2) is 30.5 Å². The highest BCUT2D eigenvalue weighted by molar-refractivity contribution is 5.98. The third kappa shape index (κ3) is 2.85. The lowest BCUT2D eigenvalue weighted by atomic mass is 10.1. The molecular formula is C13H16N2O2. The fourth-order valence-electron chi connectivity index (χ4n) is 1.72. The van der Waals surface area contributed by atoms with Crippen LogP contribution < -0.4 is 5.32 Å². The predicted octanol–water partition coefficient (Wildman–Crippen LogP) is 1.93. The second-order valence-electron chi connectivity index (χ2n) is 3.88. The average molecular weight is 232 g/mol. The maximum atomic E-state index is 11.8. The van der Waals surface area contributed by atoms with Gasteiger partial charge in [-0.15, -0.1) is 0 Å². The molecule has 0 saturated carbocycles. The Morgan fingerprint density at radius 3 is 3.12 bits per heavy atom. The van der Waals surface area contributed by atoms with Crippen molar-refractivity contribution >= 4 is 16.8 Å². The van der Waals surface area contributed by atoms with E-state index in [0.717, 1.165) is 17.3 Å². The van der Waals surface area contributed by atoms with E-state index in [-0.39, 0.29) is 5.91 Å². The van der Waals surface area contributed by atoms with Gasteiger partial charge in [-0.1, -0.05) is 0 Å². The summed E-state index contributed by atoms with van der Waals surface area (Å²) in [6.07, 6.45) is 2.69. The summed E-state index contributed by atoms with van der Waals surface area (Å²) in [7, 11) is 1.65. The van der Waals surface area contributed by atoms with Gasteiger partial charge in [0, 0.05) is 42.9 Å². The van der Waals surface area contributed by atoms with Gasteiger partial charge in [0.2, 0.25) is 0 Å². The number of hydrogen-bond acceptors (Lipinski definition) is 2. The number of nitrogens with one attached hydrogen (secondary N) is 2. The SMILES string of the molecule is COCCCNC(=O)c1ccc2[nH]ccc2c1. The van der Waals surface area contributed by atoms with Crippen molar-refractivity contribution < 1.29 is 9.53 Å². The minimum atomic E-state index is -0.0378. The first-order valence-corrected chi connectivity index (χ1v) is 5.65. The second kappa shape index (κ2) is 5.50. The lowest BCUT2D eigenvalue weighted by Gasteiger charge is -2.04. The molecule has 17 heavy (non-hydrogen) atoms. The standard InChI is InChI=1S/C13H16N2O2/c1-17-8-2-6-15-13(16)11-3-4-12-10(9-11)5-7-14-12/h3-5,7,9,14H,2,6,8H2,1H3,(H,15,16). The zero-order valence-electron chi connectivity index (χ0n) is 9.82. The summed E-state index contributed by atoms with van der Waals surface area (Å²) < 4.78 is 4.92. The summed E-state index contributed by atoms with van der Waals surface area (Å²) >= 11 is 0. The van der Waals surface area contributed by atoms with E-state index in [4.69, 9.17) is 4.74 Å². The highest BCUT2D eigenvalue weighted by atomic mass is 16.5. The topological polar surface area (TPSA) is 54.1 Å². The van der Waals surface area contributed by atoms with Gasteiger partial charge in [0.15, 0.2) is 0 Å². The fraction of sp³-hybridized carbons (Fsp3) is 0.308. The lowest BCUT2D eigenvalue weighted by Crippen LogP contribution is -2.25. The van der Waals surface area contributed by atoms with Crippen molar-refractivity contribution in [3.63, 3.8) is 0 Å². The molecule has 0 aliphatic carbocycles. The van der Waals surface area contributed by atoms with Gasteiger partial charge in [-0.2, -0.15) is 0 Å². The van der Waals surface area contributed by atoms with Crippen molar-refractivity contribution in [1.29, 1.82) is 0 Å². The van der Waals surface area contributed by atoms with Crippen LogP contribution in [-0.4, -0.2) is 31.2 Å². The first-order chi connectivity index (χ1) is 8.31. The Morgan fingerprint density at radius 2 is 2.29 bits per heavy atom. The van der Waals surface area contributed by atoms with Crippen molar-refractivity contribution in [3.05, 3.63) is 36.0 Å². The van der Waals surface area contributed by atoms with Gasteiger partial charge in [0.25, 0.3) is 5.91 Å². The summed E-state index contributed by atoms with van der Waals surface area (Å²) in [5, 5.41) is 3.91. The number of carbonyl (C=O) groups excluding carboxylic acids is 1. The van der Waals surface area contributed by atoms with Crippen LogP contribution in [0.3, 0.4) is 0 Å². The number of amides is 1. The minimum absolute atomic E-state index is 0.0378. The predicted molar refractivity (Wildman–Crippen MR) is 67.1 cm³/mol. The Bertz CT molecular complexity index is 505. The molecule has 2 N–H and O–H groups in total. The molecule has 4 nitrogen and oxygen atoms in total. The number of aromatic nitrogens is 1. The molecule has 2 rings (SSSR count). The number of aromatic amines is 1. The number of carbonyl (C=O) groups is 1. The number of H-pyrrole nitrogens is 1. The zero-order valence-corrected chi connectivity index (χ0v) is 9.82. The van der Waals surface area contributed by atoms with Crippen LogP contribution >= 0.6 is 0 Å². The highest BCUT2D eigenvalue weighted by Crippen LogP contribution is 2.14. The molecule has 90 valence electrons. The third-order valence-corrected chi connectivity index (χ3v) is 2.63. The molecular weight excluding hydrogens is 216 g/mol. The van der Waals surface area contributed by atoms with Crippen LogP contribution in [0.1, 0.15) is 16.8 Å². The average Bonchev–Trinajstić information content (AvgIpc) is 2.81. The van der Waals surface area contributed by atoms with E-state index in [9.17, 15) is 4.79 Å². The molecule has 0 atom stereocenters.